The van der Waals surface area contributed by atoms with E-state index in [0.717, 1.165) is 17.4 Å². The maximum Gasteiger partial charge on any atom is 0.0562 e. The van der Waals surface area contributed by atoms with Crippen LogP contribution in [0.4, 0.5) is 0 Å². The first-order chi connectivity index (χ1) is 7.54. The SMILES string of the molecule is CC(O)CCN(C)C(CN)c1cc(Br)cs1. The third kappa shape index (κ3) is 4.14. The summed E-state index contributed by atoms with van der Waals surface area (Å²) in [4.78, 5) is 3.47. The zero-order valence-corrected chi connectivity index (χ0v) is 12.1. The second-order valence-electron chi connectivity index (χ2n) is 4.04. The van der Waals surface area contributed by atoms with Crippen molar-refractivity contribution in [2.45, 2.75) is 25.5 Å². The minimum atomic E-state index is -0.254. The molecule has 0 amide bonds. The van der Waals surface area contributed by atoms with E-state index in [1.165, 1.54) is 4.88 Å². The number of aliphatic hydroxyl groups is 1. The lowest BCUT2D eigenvalue weighted by molar-refractivity contribution is 0.151. The van der Waals surface area contributed by atoms with Crippen molar-refractivity contribution in [3.63, 3.8) is 0 Å². The van der Waals surface area contributed by atoms with Crippen molar-refractivity contribution in [1.82, 2.24) is 4.90 Å². The molecule has 0 aliphatic rings. The van der Waals surface area contributed by atoms with Crippen LogP contribution in [0.15, 0.2) is 15.9 Å². The van der Waals surface area contributed by atoms with E-state index < -0.39 is 0 Å². The molecule has 0 radical (unpaired) electrons. The Labute approximate surface area is 109 Å². The molecule has 0 aromatic carbocycles. The molecule has 0 aliphatic heterocycles. The molecule has 1 heterocycles. The van der Waals surface area contributed by atoms with Gasteiger partial charge in [0.05, 0.1) is 12.1 Å². The molecule has 0 bridgehead atoms. The predicted octanol–water partition coefficient (Wildman–Crippen LogP) is 2.21. The van der Waals surface area contributed by atoms with Crippen molar-refractivity contribution in [3.8, 4) is 0 Å². The van der Waals surface area contributed by atoms with Crippen molar-refractivity contribution in [3.05, 3.63) is 20.8 Å². The molecule has 0 saturated heterocycles. The van der Waals surface area contributed by atoms with Gasteiger partial charge in [0, 0.05) is 27.8 Å². The zero-order chi connectivity index (χ0) is 12.1. The lowest BCUT2D eigenvalue weighted by Gasteiger charge is -2.26. The molecule has 2 atom stereocenters. The standard InChI is InChI=1S/C11H19BrN2OS/c1-8(15)3-4-14(2)10(6-13)11-5-9(12)7-16-11/h5,7-8,10,15H,3-4,6,13H2,1-2H3. The summed E-state index contributed by atoms with van der Waals surface area (Å²) in [6, 6.07) is 2.36. The van der Waals surface area contributed by atoms with Gasteiger partial charge in [0.1, 0.15) is 0 Å². The van der Waals surface area contributed by atoms with Crippen molar-refractivity contribution in [1.29, 1.82) is 0 Å². The summed E-state index contributed by atoms with van der Waals surface area (Å²) >= 11 is 5.17. The molecular formula is C11H19BrN2OS. The third-order valence-electron chi connectivity index (χ3n) is 2.57. The highest BCUT2D eigenvalue weighted by Gasteiger charge is 2.17. The van der Waals surface area contributed by atoms with Gasteiger partial charge in [-0.05, 0) is 42.4 Å². The summed E-state index contributed by atoms with van der Waals surface area (Å²) in [5, 5.41) is 11.3. The number of rotatable bonds is 6. The Hall–Kier alpha value is 0.0600. The van der Waals surface area contributed by atoms with Crippen LogP contribution in [0.5, 0.6) is 0 Å². The molecule has 5 heteroatoms. The molecule has 0 spiro atoms. The van der Waals surface area contributed by atoms with E-state index in [1.54, 1.807) is 11.3 Å². The highest BCUT2D eigenvalue weighted by atomic mass is 79.9. The Morgan fingerprint density at radius 3 is 2.75 bits per heavy atom. The van der Waals surface area contributed by atoms with Crippen molar-refractivity contribution >= 4 is 27.3 Å². The van der Waals surface area contributed by atoms with Gasteiger partial charge in [-0.15, -0.1) is 11.3 Å². The predicted molar refractivity (Wildman–Crippen MR) is 72.7 cm³/mol. The van der Waals surface area contributed by atoms with Crippen LogP contribution in [0.3, 0.4) is 0 Å². The second-order valence-corrected chi connectivity index (χ2v) is 5.90. The summed E-state index contributed by atoms with van der Waals surface area (Å²) in [7, 11) is 2.05. The number of thiophene rings is 1. The minimum absolute atomic E-state index is 0.245. The Morgan fingerprint density at radius 2 is 2.31 bits per heavy atom. The maximum atomic E-state index is 9.27. The van der Waals surface area contributed by atoms with E-state index in [-0.39, 0.29) is 12.1 Å². The molecular weight excluding hydrogens is 288 g/mol. The number of halogens is 1. The first-order valence-corrected chi connectivity index (χ1v) is 7.04. The van der Waals surface area contributed by atoms with Crippen LogP contribution in [0.2, 0.25) is 0 Å². The van der Waals surface area contributed by atoms with E-state index in [1.807, 2.05) is 14.0 Å². The van der Waals surface area contributed by atoms with E-state index in [2.05, 4.69) is 32.3 Å². The number of nitrogens with zero attached hydrogens (tertiary/aromatic N) is 1. The fraction of sp³-hybridized carbons (Fsp3) is 0.636. The average Bonchev–Trinajstić information content (AvgIpc) is 2.63. The van der Waals surface area contributed by atoms with Crippen molar-refractivity contribution < 1.29 is 5.11 Å². The fourth-order valence-electron chi connectivity index (χ4n) is 1.56. The summed E-state index contributed by atoms with van der Waals surface area (Å²) in [6.07, 6.45) is 0.524. The third-order valence-corrected chi connectivity index (χ3v) is 4.37. The fourth-order valence-corrected chi connectivity index (χ4v) is 3.19. The van der Waals surface area contributed by atoms with Crippen LogP contribution in [-0.2, 0) is 0 Å². The Kier molecular flexibility index (Phi) is 5.92. The van der Waals surface area contributed by atoms with Crippen LogP contribution in [0.1, 0.15) is 24.3 Å². The van der Waals surface area contributed by atoms with Gasteiger partial charge >= 0.3 is 0 Å². The van der Waals surface area contributed by atoms with Gasteiger partial charge in [-0.3, -0.25) is 4.90 Å². The monoisotopic (exact) mass is 306 g/mol. The molecule has 1 rings (SSSR count). The minimum Gasteiger partial charge on any atom is -0.393 e. The molecule has 16 heavy (non-hydrogen) atoms. The van der Waals surface area contributed by atoms with Crippen LogP contribution in [0.25, 0.3) is 0 Å². The van der Waals surface area contributed by atoms with Gasteiger partial charge in [0.2, 0.25) is 0 Å². The molecule has 2 unspecified atom stereocenters. The number of aliphatic hydroxyl groups excluding tert-OH is 1. The van der Waals surface area contributed by atoms with Crippen LogP contribution in [-0.4, -0.2) is 36.2 Å². The van der Waals surface area contributed by atoms with Crippen molar-refractivity contribution in [2.24, 2.45) is 5.73 Å². The quantitative estimate of drug-likeness (QED) is 0.847. The van der Waals surface area contributed by atoms with Crippen LogP contribution < -0.4 is 5.73 Å². The van der Waals surface area contributed by atoms with Crippen LogP contribution >= 0.6 is 27.3 Å². The van der Waals surface area contributed by atoms with E-state index in [0.29, 0.717) is 6.54 Å². The highest BCUT2D eigenvalue weighted by Crippen LogP contribution is 2.28. The molecule has 1 aromatic heterocycles. The number of likely N-dealkylation sites (N-methyl/N-ethyl adjacent to an activating group) is 1. The first-order valence-electron chi connectivity index (χ1n) is 5.37. The van der Waals surface area contributed by atoms with Gasteiger partial charge in [-0.25, -0.2) is 0 Å². The van der Waals surface area contributed by atoms with Gasteiger partial charge in [-0.2, -0.15) is 0 Å². The lowest BCUT2D eigenvalue weighted by Crippen LogP contribution is -2.31. The molecule has 92 valence electrons. The zero-order valence-electron chi connectivity index (χ0n) is 9.69. The summed E-state index contributed by atoms with van der Waals surface area (Å²) in [5.74, 6) is 0. The molecule has 0 saturated carbocycles. The van der Waals surface area contributed by atoms with Gasteiger partial charge < -0.3 is 10.8 Å². The summed E-state index contributed by atoms with van der Waals surface area (Å²) in [6.45, 7) is 3.27. The van der Waals surface area contributed by atoms with E-state index in [4.69, 9.17) is 5.73 Å². The van der Waals surface area contributed by atoms with E-state index in [9.17, 15) is 5.11 Å². The second kappa shape index (κ2) is 6.71. The van der Waals surface area contributed by atoms with E-state index >= 15 is 0 Å². The van der Waals surface area contributed by atoms with Gasteiger partial charge in [0.25, 0.3) is 0 Å². The number of hydrogen-bond acceptors (Lipinski definition) is 4. The lowest BCUT2D eigenvalue weighted by atomic mass is 10.2. The first kappa shape index (κ1) is 14.1. The van der Waals surface area contributed by atoms with Gasteiger partial charge in [0.15, 0.2) is 0 Å². The Balaban J connectivity index is 2.59. The summed E-state index contributed by atoms with van der Waals surface area (Å²) in [5.41, 5.74) is 5.81. The van der Waals surface area contributed by atoms with Gasteiger partial charge in [-0.1, -0.05) is 0 Å². The Bertz CT molecular complexity index is 317. The van der Waals surface area contributed by atoms with Crippen molar-refractivity contribution in [2.75, 3.05) is 20.1 Å². The normalized spacial score (nSPS) is 15.4. The molecule has 0 aliphatic carbocycles. The highest BCUT2D eigenvalue weighted by molar-refractivity contribution is 9.10. The molecule has 0 fully saturated rings. The maximum absolute atomic E-state index is 9.27. The number of hydrogen-bond donors (Lipinski definition) is 2. The Morgan fingerprint density at radius 1 is 1.62 bits per heavy atom. The largest absolute Gasteiger partial charge is 0.393 e. The molecule has 1 aromatic rings. The van der Waals surface area contributed by atoms with Crippen LogP contribution in [0, 0.1) is 0 Å². The topological polar surface area (TPSA) is 49.5 Å². The average molecular weight is 307 g/mol. The summed E-state index contributed by atoms with van der Waals surface area (Å²) < 4.78 is 1.11. The molecule has 3 nitrogen and oxygen atoms in total. The smallest absolute Gasteiger partial charge is 0.0562 e. The number of nitrogens with two attached hydrogens (primary N) is 1. The molecule has 3 N–H and O–H groups in total.